The van der Waals surface area contributed by atoms with E-state index in [1.807, 2.05) is 13.0 Å². The van der Waals surface area contributed by atoms with Gasteiger partial charge in [0.1, 0.15) is 11.5 Å². The first kappa shape index (κ1) is 24.9. The number of anilines is 2. The minimum atomic E-state index is -4.01. The molecule has 7 nitrogen and oxygen atoms in total. The molecule has 1 aromatic heterocycles. The minimum Gasteiger partial charge on any atom is -0.462 e. The monoisotopic (exact) mass is 512 g/mol. The molecule has 0 bridgehead atoms. The molecule has 1 heterocycles. The summed E-state index contributed by atoms with van der Waals surface area (Å²) in [5.41, 5.74) is 2.59. The van der Waals surface area contributed by atoms with E-state index in [4.69, 9.17) is 4.74 Å². The SMILES string of the molecule is CCOC(=O)c1c(NC(=O)CN(c2cccc(C)c2)S(=O)(=O)c2ccccc2)sc2c1CCCC2. The van der Waals surface area contributed by atoms with Crippen LogP contribution < -0.4 is 9.62 Å². The topological polar surface area (TPSA) is 92.8 Å². The Morgan fingerprint density at radius 1 is 1.06 bits per heavy atom. The van der Waals surface area contributed by atoms with Gasteiger partial charge in [0.2, 0.25) is 5.91 Å². The van der Waals surface area contributed by atoms with E-state index in [-0.39, 0.29) is 11.5 Å². The maximum atomic E-state index is 13.5. The van der Waals surface area contributed by atoms with E-state index in [0.717, 1.165) is 46.0 Å². The molecule has 0 spiro atoms. The number of carbonyl (C=O) groups excluding carboxylic acids is 2. The molecule has 0 radical (unpaired) electrons. The van der Waals surface area contributed by atoms with Crippen molar-refractivity contribution >= 4 is 43.9 Å². The first-order valence-corrected chi connectivity index (χ1v) is 13.8. The van der Waals surface area contributed by atoms with Crippen molar-refractivity contribution in [3.05, 3.63) is 76.2 Å². The number of thiophene rings is 1. The number of carbonyl (C=O) groups is 2. The van der Waals surface area contributed by atoms with Crippen LogP contribution in [0, 0.1) is 6.92 Å². The van der Waals surface area contributed by atoms with Crippen LogP contribution >= 0.6 is 11.3 Å². The van der Waals surface area contributed by atoms with E-state index in [2.05, 4.69) is 5.32 Å². The Labute approximate surface area is 209 Å². The van der Waals surface area contributed by atoms with Gasteiger partial charge in [-0.3, -0.25) is 9.10 Å². The van der Waals surface area contributed by atoms with Gasteiger partial charge in [0.05, 0.1) is 22.8 Å². The molecule has 4 rings (SSSR count). The number of fused-ring (bicyclic) bond motifs is 1. The molecule has 3 aromatic rings. The largest absolute Gasteiger partial charge is 0.462 e. The summed E-state index contributed by atoms with van der Waals surface area (Å²) in [7, 11) is -4.01. The third kappa shape index (κ3) is 5.41. The summed E-state index contributed by atoms with van der Waals surface area (Å²) in [5.74, 6) is -0.996. The van der Waals surface area contributed by atoms with Gasteiger partial charge in [-0.1, -0.05) is 30.3 Å². The normalized spacial score (nSPS) is 13.1. The molecule has 0 fully saturated rings. The van der Waals surface area contributed by atoms with E-state index < -0.39 is 28.4 Å². The number of hydrogen-bond donors (Lipinski definition) is 1. The molecule has 0 saturated heterocycles. The van der Waals surface area contributed by atoms with Gasteiger partial charge in [-0.15, -0.1) is 11.3 Å². The van der Waals surface area contributed by atoms with Crippen LogP contribution in [0.2, 0.25) is 0 Å². The van der Waals surface area contributed by atoms with Gasteiger partial charge >= 0.3 is 5.97 Å². The van der Waals surface area contributed by atoms with Gasteiger partial charge in [0, 0.05) is 4.88 Å². The number of nitrogens with one attached hydrogen (secondary N) is 1. The predicted molar refractivity (Wildman–Crippen MR) is 138 cm³/mol. The van der Waals surface area contributed by atoms with Crippen molar-refractivity contribution in [1.29, 1.82) is 0 Å². The number of aryl methyl sites for hydroxylation is 2. The van der Waals surface area contributed by atoms with Crippen LogP contribution in [0.4, 0.5) is 10.7 Å². The summed E-state index contributed by atoms with van der Waals surface area (Å²) >= 11 is 1.37. The Kier molecular flexibility index (Phi) is 7.57. The fraction of sp³-hybridized carbons (Fsp3) is 0.308. The third-order valence-electron chi connectivity index (χ3n) is 5.81. The summed E-state index contributed by atoms with van der Waals surface area (Å²) in [5, 5.41) is 3.24. The van der Waals surface area contributed by atoms with Gasteiger partial charge in [0.15, 0.2) is 0 Å². The zero-order valence-electron chi connectivity index (χ0n) is 19.7. The maximum absolute atomic E-state index is 13.5. The second kappa shape index (κ2) is 10.6. The Morgan fingerprint density at radius 3 is 2.51 bits per heavy atom. The van der Waals surface area contributed by atoms with Crippen LogP contribution in [0.5, 0.6) is 0 Å². The molecular weight excluding hydrogens is 484 g/mol. The molecule has 2 aromatic carbocycles. The molecule has 0 saturated carbocycles. The second-order valence-electron chi connectivity index (χ2n) is 8.35. The Bertz CT molecular complexity index is 1330. The summed E-state index contributed by atoms with van der Waals surface area (Å²) in [6.45, 7) is 3.39. The highest BCUT2D eigenvalue weighted by molar-refractivity contribution is 7.92. The Balaban J connectivity index is 1.67. The van der Waals surface area contributed by atoms with Crippen LogP contribution in [0.1, 0.15) is 46.1 Å². The quantitative estimate of drug-likeness (QED) is 0.431. The zero-order chi connectivity index (χ0) is 25.0. The van der Waals surface area contributed by atoms with E-state index in [9.17, 15) is 18.0 Å². The molecule has 1 amide bonds. The number of hydrogen-bond acceptors (Lipinski definition) is 6. The van der Waals surface area contributed by atoms with E-state index in [0.29, 0.717) is 16.3 Å². The van der Waals surface area contributed by atoms with Crippen molar-refractivity contribution in [2.24, 2.45) is 0 Å². The Morgan fingerprint density at radius 2 is 1.80 bits per heavy atom. The van der Waals surface area contributed by atoms with Crippen molar-refractivity contribution in [3.63, 3.8) is 0 Å². The Hall–Kier alpha value is -3.17. The highest BCUT2D eigenvalue weighted by atomic mass is 32.2. The van der Waals surface area contributed by atoms with Crippen LogP contribution in [0.15, 0.2) is 59.5 Å². The number of esters is 1. The lowest BCUT2D eigenvalue weighted by atomic mass is 9.95. The van der Waals surface area contributed by atoms with E-state index >= 15 is 0 Å². The lowest BCUT2D eigenvalue weighted by Crippen LogP contribution is -2.38. The fourth-order valence-electron chi connectivity index (χ4n) is 4.19. The summed E-state index contributed by atoms with van der Waals surface area (Å²) in [4.78, 5) is 27.1. The smallest absolute Gasteiger partial charge is 0.341 e. The molecule has 0 unspecified atom stereocenters. The number of sulfonamides is 1. The van der Waals surface area contributed by atoms with Gasteiger partial charge in [-0.2, -0.15) is 0 Å². The van der Waals surface area contributed by atoms with Crippen molar-refractivity contribution in [1.82, 2.24) is 0 Å². The number of amides is 1. The molecule has 184 valence electrons. The summed E-state index contributed by atoms with van der Waals surface area (Å²) in [6, 6.07) is 15.0. The average Bonchev–Trinajstić information content (AvgIpc) is 3.21. The molecule has 0 aliphatic heterocycles. The van der Waals surface area contributed by atoms with Crippen molar-refractivity contribution < 1.29 is 22.7 Å². The maximum Gasteiger partial charge on any atom is 0.341 e. The second-order valence-corrected chi connectivity index (χ2v) is 11.3. The van der Waals surface area contributed by atoms with Crippen LogP contribution in [0.3, 0.4) is 0 Å². The molecule has 9 heteroatoms. The van der Waals surface area contributed by atoms with Crippen LogP contribution in [-0.4, -0.2) is 33.4 Å². The lowest BCUT2D eigenvalue weighted by Gasteiger charge is -2.24. The van der Waals surface area contributed by atoms with E-state index in [1.165, 1.54) is 23.5 Å². The average molecular weight is 513 g/mol. The number of ether oxygens (including phenoxy) is 1. The first-order valence-electron chi connectivity index (χ1n) is 11.6. The summed E-state index contributed by atoms with van der Waals surface area (Å²) in [6.07, 6.45) is 3.60. The highest BCUT2D eigenvalue weighted by Gasteiger charge is 2.30. The molecule has 0 atom stereocenters. The van der Waals surface area contributed by atoms with Gasteiger partial charge in [-0.25, -0.2) is 13.2 Å². The lowest BCUT2D eigenvalue weighted by molar-refractivity contribution is -0.114. The van der Waals surface area contributed by atoms with Crippen molar-refractivity contribution in [2.45, 2.75) is 44.4 Å². The molecular formula is C26H28N2O5S2. The standard InChI is InChI=1S/C26H28N2O5S2/c1-3-33-26(30)24-21-14-7-8-15-22(21)34-25(24)27-23(29)17-28(19-11-9-10-18(2)16-19)35(31,32)20-12-5-4-6-13-20/h4-6,9-13,16H,3,7-8,14-15,17H2,1-2H3,(H,27,29). The molecule has 1 aliphatic carbocycles. The summed E-state index contributed by atoms with van der Waals surface area (Å²) < 4.78 is 33.4. The molecule has 35 heavy (non-hydrogen) atoms. The predicted octanol–water partition coefficient (Wildman–Crippen LogP) is 4.95. The molecule has 1 aliphatic rings. The van der Waals surface area contributed by atoms with Crippen molar-refractivity contribution in [3.8, 4) is 0 Å². The van der Waals surface area contributed by atoms with Gasteiger partial charge in [0.25, 0.3) is 10.0 Å². The fourth-order valence-corrected chi connectivity index (χ4v) is 6.92. The third-order valence-corrected chi connectivity index (χ3v) is 8.81. The van der Waals surface area contributed by atoms with Gasteiger partial charge < -0.3 is 10.1 Å². The first-order chi connectivity index (χ1) is 16.8. The number of rotatable bonds is 8. The highest BCUT2D eigenvalue weighted by Crippen LogP contribution is 2.38. The number of nitrogens with zero attached hydrogens (tertiary/aromatic N) is 1. The van der Waals surface area contributed by atoms with Crippen LogP contribution in [-0.2, 0) is 32.4 Å². The minimum absolute atomic E-state index is 0.0908. The zero-order valence-corrected chi connectivity index (χ0v) is 21.4. The van der Waals surface area contributed by atoms with Crippen molar-refractivity contribution in [2.75, 3.05) is 22.8 Å². The number of benzene rings is 2. The van der Waals surface area contributed by atoms with E-state index in [1.54, 1.807) is 43.3 Å². The van der Waals surface area contributed by atoms with Crippen LogP contribution in [0.25, 0.3) is 0 Å². The van der Waals surface area contributed by atoms with Gasteiger partial charge in [-0.05, 0) is 74.9 Å². The molecule has 1 N–H and O–H groups in total.